The molecular formula is C13H9ClF2N2O. The Morgan fingerprint density at radius 1 is 1.11 bits per heavy atom. The van der Waals surface area contributed by atoms with Crippen LogP contribution < -0.4 is 11.1 Å². The number of carbonyl (C=O) groups excluding carboxylic acids is 1. The van der Waals surface area contributed by atoms with Crippen molar-refractivity contribution in [3.8, 4) is 0 Å². The van der Waals surface area contributed by atoms with Crippen molar-refractivity contribution < 1.29 is 13.6 Å². The van der Waals surface area contributed by atoms with Gasteiger partial charge in [-0.15, -0.1) is 0 Å². The second kappa shape index (κ2) is 5.24. The molecule has 2 aromatic carbocycles. The van der Waals surface area contributed by atoms with Gasteiger partial charge in [0.1, 0.15) is 11.6 Å². The Bertz CT molecular complexity index is 647. The van der Waals surface area contributed by atoms with Crippen LogP contribution in [0.3, 0.4) is 0 Å². The van der Waals surface area contributed by atoms with Crippen molar-refractivity contribution in [2.24, 2.45) is 0 Å². The van der Waals surface area contributed by atoms with E-state index in [0.29, 0.717) is 0 Å². The normalized spacial score (nSPS) is 10.3. The Balaban J connectivity index is 2.30. The fraction of sp³-hybridized carbons (Fsp3) is 0. The molecule has 0 radical (unpaired) electrons. The highest BCUT2D eigenvalue weighted by Crippen LogP contribution is 2.20. The van der Waals surface area contributed by atoms with Crippen LogP contribution in [0.15, 0.2) is 36.4 Å². The summed E-state index contributed by atoms with van der Waals surface area (Å²) in [6, 6.07) is 7.25. The smallest absolute Gasteiger partial charge is 0.258 e. The molecule has 0 saturated heterocycles. The molecule has 2 rings (SSSR count). The molecule has 6 heteroatoms. The Hall–Kier alpha value is -2.14. The number of amides is 1. The summed E-state index contributed by atoms with van der Waals surface area (Å²) in [5.41, 5.74) is 5.37. The number of carbonyl (C=O) groups is 1. The van der Waals surface area contributed by atoms with E-state index < -0.39 is 17.5 Å². The third kappa shape index (κ3) is 3.00. The van der Waals surface area contributed by atoms with Crippen molar-refractivity contribution in [2.45, 2.75) is 0 Å². The highest BCUT2D eigenvalue weighted by molar-refractivity contribution is 6.31. The van der Waals surface area contributed by atoms with E-state index >= 15 is 0 Å². The molecule has 19 heavy (non-hydrogen) atoms. The van der Waals surface area contributed by atoms with Gasteiger partial charge in [-0.3, -0.25) is 4.79 Å². The van der Waals surface area contributed by atoms with Gasteiger partial charge in [0, 0.05) is 10.7 Å². The number of hydrogen-bond donors (Lipinski definition) is 2. The third-order valence-corrected chi connectivity index (χ3v) is 2.65. The molecule has 1 amide bonds. The largest absolute Gasteiger partial charge is 0.399 e. The standard InChI is InChI=1S/C13H9ClF2N2O/c14-7-1-3-10(15)9(5-7)13(19)18-12-6-8(17)2-4-11(12)16/h1-6H,17H2,(H,18,19). The molecule has 0 heterocycles. The number of nitrogens with one attached hydrogen (secondary N) is 1. The predicted molar refractivity (Wildman–Crippen MR) is 70.2 cm³/mol. The van der Waals surface area contributed by atoms with Gasteiger partial charge in [0.25, 0.3) is 5.91 Å². The predicted octanol–water partition coefficient (Wildman–Crippen LogP) is 3.45. The third-order valence-electron chi connectivity index (χ3n) is 2.41. The number of anilines is 2. The van der Waals surface area contributed by atoms with Gasteiger partial charge in [0.15, 0.2) is 0 Å². The van der Waals surface area contributed by atoms with E-state index in [0.717, 1.165) is 18.2 Å². The molecule has 0 aliphatic heterocycles. The van der Waals surface area contributed by atoms with Crippen LogP contribution in [0.2, 0.25) is 5.02 Å². The zero-order valence-corrected chi connectivity index (χ0v) is 10.3. The topological polar surface area (TPSA) is 55.1 Å². The van der Waals surface area contributed by atoms with Gasteiger partial charge in [-0.1, -0.05) is 11.6 Å². The lowest BCUT2D eigenvalue weighted by Crippen LogP contribution is -2.15. The molecule has 0 saturated carbocycles. The van der Waals surface area contributed by atoms with Gasteiger partial charge in [0.05, 0.1) is 11.3 Å². The maximum Gasteiger partial charge on any atom is 0.258 e. The lowest BCUT2D eigenvalue weighted by Gasteiger charge is -2.08. The van der Waals surface area contributed by atoms with Crippen molar-refractivity contribution >= 4 is 28.9 Å². The van der Waals surface area contributed by atoms with E-state index in [1.165, 1.54) is 18.2 Å². The lowest BCUT2D eigenvalue weighted by molar-refractivity contribution is 0.102. The molecule has 98 valence electrons. The molecule has 0 unspecified atom stereocenters. The summed E-state index contributed by atoms with van der Waals surface area (Å²) in [6.45, 7) is 0. The molecule has 0 atom stereocenters. The SMILES string of the molecule is Nc1ccc(F)c(NC(=O)c2cc(Cl)ccc2F)c1. The van der Waals surface area contributed by atoms with E-state index in [2.05, 4.69) is 5.32 Å². The zero-order chi connectivity index (χ0) is 14.0. The van der Waals surface area contributed by atoms with Crippen LogP contribution in [0.5, 0.6) is 0 Å². The van der Waals surface area contributed by atoms with E-state index in [9.17, 15) is 13.6 Å². The highest BCUT2D eigenvalue weighted by atomic mass is 35.5. The van der Waals surface area contributed by atoms with E-state index in [4.69, 9.17) is 17.3 Å². The van der Waals surface area contributed by atoms with Gasteiger partial charge in [-0.05, 0) is 36.4 Å². The molecule has 0 bridgehead atoms. The van der Waals surface area contributed by atoms with Crippen molar-refractivity contribution in [3.05, 3.63) is 58.6 Å². The van der Waals surface area contributed by atoms with Gasteiger partial charge in [-0.2, -0.15) is 0 Å². The number of halogens is 3. The Morgan fingerprint density at radius 3 is 2.53 bits per heavy atom. The highest BCUT2D eigenvalue weighted by Gasteiger charge is 2.14. The van der Waals surface area contributed by atoms with Crippen molar-refractivity contribution in [2.75, 3.05) is 11.1 Å². The van der Waals surface area contributed by atoms with Crippen molar-refractivity contribution in [1.29, 1.82) is 0 Å². The van der Waals surface area contributed by atoms with Gasteiger partial charge in [-0.25, -0.2) is 8.78 Å². The van der Waals surface area contributed by atoms with Gasteiger partial charge >= 0.3 is 0 Å². The molecule has 0 fully saturated rings. The summed E-state index contributed by atoms with van der Waals surface area (Å²) in [6.07, 6.45) is 0. The lowest BCUT2D eigenvalue weighted by atomic mass is 10.2. The van der Waals surface area contributed by atoms with Crippen LogP contribution in [0.4, 0.5) is 20.2 Å². The van der Waals surface area contributed by atoms with E-state index in [1.54, 1.807) is 0 Å². The van der Waals surface area contributed by atoms with Crippen molar-refractivity contribution in [3.63, 3.8) is 0 Å². The van der Waals surface area contributed by atoms with Crippen LogP contribution >= 0.6 is 11.6 Å². The Kier molecular flexibility index (Phi) is 3.66. The first-order chi connectivity index (χ1) is 8.97. The minimum atomic E-state index is -0.801. The molecular weight excluding hydrogens is 274 g/mol. The molecule has 3 N–H and O–H groups in total. The fourth-order valence-corrected chi connectivity index (χ4v) is 1.67. The quantitative estimate of drug-likeness (QED) is 0.829. The summed E-state index contributed by atoms with van der Waals surface area (Å²) in [7, 11) is 0. The van der Waals surface area contributed by atoms with Gasteiger partial charge in [0.2, 0.25) is 0 Å². The molecule has 2 aromatic rings. The Morgan fingerprint density at radius 2 is 1.79 bits per heavy atom. The first-order valence-corrected chi connectivity index (χ1v) is 5.66. The average Bonchev–Trinajstić information content (AvgIpc) is 2.36. The molecule has 0 aliphatic carbocycles. The summed E-state index contributed by atoms with van der Waals surface area (Å²) in [5, 5.41) is 2.45. The summed E-state index contributed by atoms with van der Waals surface area (Å²) < 4.78 is 26.9. The van der Waals surface area contributed by atoms with Crippen LogP contribution in [-0.2, 0) is 0 Å². The second-order valence-electron chi connectivity index (χ2n) is 3.82. The summed E-state index contributed by atoms with van der Waals surface area (Å²) in [5.74, 6) is -2.21. The van der Waals surface area contributed by atoms with Crippen LogP contribution in [-0.4, -0.2) is 5.91 Å². The van der Waals surface area contributed by atoms with Crippen molar-refractivity contribution in [1.82, 2.24) is 0 Å². The molecule has 3 nitrogen and oxygen atoms in total. The minimum Gasteiger partial charge on any atom is -0.399 e. The molecule has 0 aliphatic rings. The number of rotatable bonds is 2. The first-order valence-electron chi connectivity index (χ1n) is 5.29. The number of hydrogen-bond acceptors (Lipinski definition) is 2. The first kappa shape index (κ1) is 13.3. The molecule has 0 spiro atoms. The zero-order valence-electron chi connectivity index (χ0n) is 9.58. The van der Waals surface area contributed by atoms with Crippen LogP contribution in [0, 0.1) is 11.6 Å². The number of nitrogen functional groups attached to an aromatic ring is 1. The maximum absolute atomic E-state index is 13.5. The fourth-order valence-electron chi connectivity index (χ4n) is 1.50. The Labute approximate surface area is 113 Å². The minimum absolute atomic E-state index is 0.121. The molecule has 0 aromatic heterocycles. The monoisotopic (exact) mass is 282 g/mol. The summed E-state index contributed by atoms with van der Waals surface area (Å²) >= 11 is 5.68. The van der Waals surface area contributed by atoms with Crippen LogP contribution in [0.25, 0.3) is 0 Å². The number of benzene rings is 2. The number of nitrogens with two attached hydrogens (primary N) is 1. The maximum atomic E-state index is 13.5. The average molecular weight is 283 g/mol. The van der Waals surface area contributed by atoms with E-state index in [-0.39, 0.29) is 22.0 Å². The van der Waals surface area contributed by atoms with E-state index in [1.807, 2.05) is 0 Å². The van der Waals surface area contributed by atoms with Crippen LogP contribution in [0.1, 0.15) is 10.4 Å². The van der Waals surface area contributed by atoms with Gasteiger partial charge < -0.3 is 11.1 Å². The second-order valence-corrected chi connectivity index (χ2v) is 4.25. The summed E-state index contributed by atoms with van der Waals surface area (Å²) in [4.78, 5) is 11.8.